The Morgan fingerprint density at radius 3 is 1.76 bits per heavy atom. The van der Waals surface area contributed by atoms with E-state index in [1.807, 2.05) is 42.5 Å². The van der Waals surface area contributed by atoms with E-state index < -0.39 is 23.8 Å². The first-order valence-corrected chi connectivity index (χ1v) is 13.2. The summed E-state index contributed by atoms with van der Waals surface area (Å²) in [6.45, 7) is 6.12. The normalized spacial score (nSPS) is 15.5. The molecule has 2 aromatic rings. The van der Waals surface area contributed by atoms with Crippen molar-refractivity contribution >= 4 is 29.3 Å². The first-order valence-electron chi connectivity index (χ1n) is 13.2. The molecule has 8 heteroatoms. The fraction of sp³-hybridized carbons (Fsp3) is 0.400. The summed E-state index contributed by atoms with van der Waals surface area (Å²) in [7, 11) is 0. The summed E-state index contributed by atoms with van der Waals surface area (Å²) in [6, 6.07) is 20.4. The summed E-state index contributed by atoms with van der Waals surface area (Å²) in [5, 5.41) is 0. The summed E-state index contributed by atoms with van der Waals surface area (Å²) in [6.07, 6.45) is 4.55. The lowest BCUT2D eigenvalue weighted by Crippen LogP contribution is -2.42. The Kier molecular flexibility index (Phi) is 11.1. The van der Waals surface area contributed by atoms with Crippen LogP contribution in [0.4, 0.5) is 0 Å². The molecule has 0 unspecified atom stereocenters. The lowest BCUT2D eigenvalue weighted by molar-refractivity contribution is -0.160. The predicted molar refractivity (Wildman–Crippen MR) is 144 cm³/mol. The van der Waals surface area contributed by atoms with Crippen LogP contribution in [0.25, 0.3) is 5.57 Å². The maximum Gasteiger partial charge on any atom is 0.397 e. The summed E-state index contributed by atoms with van der Waals surface area (Å²) in [5.41, 5.74) is 3.70. The van der Waals surface area contributed by atoms with Gasteiger partial charge in [-0.25, -0.2) is 9.59 Å². The molecule has 0 spiro atoms. The summed E-state index contributed by atoms with van der Waals surface area (Å²) < 4.78 is 9.46. The maximum absolute atomic E-state index is 11.8. The van der Waals surface area contributed by atoms with E-state index in [1.165, 1.54) is 21.6 Å². The molecule has 2 aliphatic heterocycles. The molecule has 202 valence electrons. The number of rotatable bonds is 4. The second kappa shape index (κ2) is 14.7. The number of carbonyl (C=O) groups excluding carboxylic acids is 4. The highest BCUT2D eigenvalue weighted by atomic mass is 16.5. The summed E-state index contributed by atoms with van der Waals surface area (Å²) in [4.78, 5) is 49.4. The average Bonchev–Trinajstić information content (AvgIpc) is 2.98. The van der Waals surface area contributed by atoms with Crippen LogP contribution < -0.4 is 0 Å². The zero-order valence-corrected chi connectivity index (χ0v) is 22.1. The number of piperidine rings is 1. The average molecular weight is 521 g/mol. The quantitative estimate of drug-likeness (QED) is 0.450. The Morgan fingerprint density at radius 2 is 1.26 bits per heavy atom. The van der Waals surface area contributed by atoms with E-state index in [2.05, 4.69) is 24.3 Å². The van der Waals surface area contributed by atoms with Gasteiger partial charge in [-0.2, -0.15) is 0 Å². The number of amides is 2. The van der Waals surface area contributed by atoms with Crippen LogP contribution in [0.1, 0.15) is 50.2 Å². The number of benzene rings is 2. The van der Waals surface area contributed by atoms with E-state index in [9.17, 15) is 19.2 Å². The van der Waals surface area contributed by atoms with Crippen molar-refractivity contribution in [3.05, 3.63) is 77.9 Å². The zero-order valence-electron chi connectivity index (χ0n) is 22.1. The van der Waals surface area contributed by atoms with Crippen molar-refractivity contribution in [1.29, 1.82) is 0 Å². The second-order valence-electron chi connectivity index (χ2n) is 9.01. The van der Waals surface area contributed by atoms with Crippen molar-refractivity contribution in [3.8, 4) is 0 Å². The van der Waals surface area contributed by atoms with Crippen LogP contribution in [-0.4, -0.2) is 72.9 Å². The molecule has 0 bridgehead atoms. The number of esters is 2. The third-order valence-corrected chi connectivity index (χ3v) is 6.59. The lowest BCUT2D eigenvalue weighted by atomic mass is 9.89. The molecule has 0 atom stereocenters. The Hall–Kier alpha value is -3.94. The Labute approximate surface area is 224 Å². The standard InChI is InChI=1S/C15H19NO3.C15H17NO3/c2*1-2-19-15(18)14(17)16-10-8-13(9-11-16)12-6-4-3-5-7-12/h3-7,13H,2,8-11H2,1H3;3-8H,2,9-11H2,1H3. The van der Waals surface area contributed by atoms with Gasteiger partial charge in [0.05, 0.1) is 13.2 Å². The van der Waals surface area contributed by atoms with Crippen LogP contribution >= 0.6 is 0 Å². The van der Waals surface area contributed by atoms with Gasteiger partial charge in [-0.3, -0.25) is 9.59 Å². The smallest absolute Gasteiger partial charge is 0.397 e. The number of hydrogen-bond donors (Lipinski definition) is 0. The van der Waals surface area contributed by atoms with Gasteiger partial charge in [0.25, 0.3) is 0 Å². The van der Waals surface area contributed by atoms with Crippen molar-refractivity contribution in [2.75, 3.05) is 39.4 Å². The monoisotopic (exact) mass is 520 g/mol. The molecule has 2 heterocycles. The van der Waals surface area contributed by atoms with Gasteiger partial charge in [-0.1, -0.05) is 66.7 Å². The zero-order chi connectivity index (χ0) is 27.3. The molecule has 2 amide bonds. The molecule has 0 saturated carbocycles. The van der Waals surface area contributed by atoms with Crippen LogP contribution in [-0.2, 0) is 28.7 Å². The van der Waals surface area contributed by atoms with Crippen molar-refractivity contribution in [3.63, 3.8) is 0 Å². The molecule has 4 rings (SSSR count). The topological polar surface area (TPSA) is 93.2 Å². The third-order valence-electron chi connectivity index (χ3n) is 6.59. The highest BCUT2D eigenvalue weighted by Gasteiger charge is 2.28. The minimum Gasteiger partial charge on any atom is -0.459 e. The van der Waals surface area contributed by atoms with E-state index >= 15 is 0 Å². The van der Waals surface area contributed by atoms with E-state index in [4.69, 9.17) is 9.47 Å². The highest BCUT2D eigenvalue weighted by molar-refractivity contribution is 6.32. The molecule has 1 fully saturated rings. The molecular weight excluding hydrogens is 484 g/mol. The number of carbonyl (C=O) groups is 4. The molecule has 0 aliphatic carbocycles. The SMILES string of the molecule is CCOC(=O)C(=O)N1CC=C(c2ccccc2)CC1.CCOC(=O)C(=O)N1CCC(c2ccccc2)CC1. The minimum absolute atomic E-state index is 0.226. The second-order valence-corrected chi connectivity index (χ2v) is 9.01. The number of ether oxygens (including phenoxy) is 2. The van der Waals surface area contributed by atoms with Crippen molar-refractivity contribution in [2.24, 2.45) is 0 Å². The van der Waals surface area contributed by atoms with E-state index in [-0.39, 0.29) is 13.2 Å². The highest BCUT2D eigenvalue weighted by Crippen LogP contribution is 2.27. The van der Waals surface area contributed by atoms with Crippen LogP contribution in [0.2, 0.25) is 0 Å². The maximum atomic E-state index is 11.8. The first kappa shape index (κ1) is 28.6. The van der Waals surface area contributed by atoms with Gasteiger partial charge in [0.1, 0.15) is 0 Å². The fourth-order valence-corrected chi connectivity index (χ4v) is 4.55. The Morgan fingerprint density at radius 1 is 0.737 bits per heavy atom. The number of likely N-dealkylation sites (tertiary alicyclic amines) is 1. The van der Waals surface area contributed by atoms with E-state index in [0.29, 0.717) is 32.1 Å². The van der Waals surface area contributed by atoms with Gasteiger partial charge in [0.2, 0.25) is 0 Å². The molecule has 2 aromatic carbocycles. The van der Waals surface area contributed by atoms with Gasteiger partial charge in [-0.05, 0) is 55.7 Å². The van der Waals surface area contributed by atoms with Crippen LogP contribution in [0.5, 0.6) is 0 Å². The van der Waals surface area contributed by atoms with E-state index in [1.54, 1.807) is 18.7 Å². The summed E-state index contributed by atoms with van der Waals surface area (Å²) in [5.74, 6) is -2.08. The molecular formula is C30H36N2O6. The number of nitrogens with zero attached hydrogens (tertiary/aromatic N) is 2. The molecule has 1 saturated heterocycles. The molecule has 38 heavy (non-hydrogen) atoms. The van der Waals surface area contributed by atoms with Crippen LogP contribution in [0.15, 0.2) is 66.7 Å². The first-order chi connectivity index (χ1) is 18.4. The third kappa shape index (κ3) is 8.03. The van der Waals surface area contributed by atoms with Crippen molar-refractivity contribution < 1.29 is 28.7 Å². The molecule has 2 aliphatic rings. The molecule has 0 N–H and O–H groups in total. The van der Waals surface area contributed by atoms with Gasteiger partial charge < -0.3 is 19.3 Å². The van der Waals surface area contributed by atoms with Gasteiger partial charge in [0, 0.05) is 26.2 Å². The van der Waals surface area contributed by atoms with Crippen molar-refractivity contribution in [2.45, 2.75) is 39.0 Å². The largest absolute Gasteiger partial charge is 0.459 e. The Balaban J connectivity index is 0.000000211. The van der Waals surface area contributed by atoms with E-state index in [0.717, 1.165) is 19.3 Å². The van der Waals surface area contributed by atoms with Crippen LogP contribution in [0.3, 0.4) is 0 Å². The summed E-state index contributed by atoms with van der Waals surface area (Å²) >= 11 is 0. The van der Waals surface area contributed by atoms with Gasteiger partial charge in [-0.15, -0.1) is 0 Å². The van der Waals surface area contributed by atoms with Gasteiger partial charge >= 0.3 is 23.8 Å². The van der Waals surface area contributed by atoms with Crippen LogP contribution in [0, 0.1) is 0 Å². The molecule has 0 radical (unpaired) electrons. The van der Waals surface area contributed by atoms with Crippen molar-refractivity contribution in [1.82, 2.24) is 9.80 Å². The Bertz CT molecular complexity index is 1110. The predicted octanol–water partition coefficient (Wildman–Crippen LogP) is 3.82. The number of hydrogen-bond acceptors (Lipinski definition) is 6. The lowest BCUT2D eigenvalue weighted by Gasteiger charge is -2.31. The van der Waals surface area contributed by atoms with Gasteiger partial charge in [0.15, 0.2) is 0 Å². The fourth-order valence-electron chi connectivity index (χ4n) is 4.55. The molecule has 8 nitrogen and oxygen atoms in total. The molecule has 0 aromatic heterocycles. The minimum atomic E-state index is -0.765.